The van der Waals surface area contributed by atoms with E-state index in [1.807, 2.05) is 31.2 Å². The molecular weight excluding hydrogens is 204 g/mol. The van der Waals surface area contributed by atoms with Gasteiger partial charge in [0.25, 0.3) is 0 Å². The summed E-state index contributed by atoms with van der Waals surface area (Å²) < 4.78 is 0. The molecule has 0 heterocycles. The molecule has 88 valence electrons. The molecular formula is C12H18N2O2. The quantitative estimate of drug-likeness (QED) is 0.782. The van der Waals surface area contributed by atoms with Crippen molar-refractivity contribution in [2.24, 2.45) is 5.73 Å². The molecule has 1 amide bonds. The SMILES string of the molecule is CC[C@H](O)c1ccccc1N(C)CC(N)=O. The van der Waals surface area contributed by atoms with E-state index in [2.05, 4.69) is 0 Å². The van der Waals surface area contributed by atoms with E-state index in [0.29, 0.717) is 6.42 Å². The van der Waals surface area contributed by atoms with E-state index in [1.165, 1.54) is 0 Å². The molecule has 0 radical (unpaired) electrons. The number of primary amides is 1. The Morgan fingerprint density at radius 2 is 2.12 bits per heavy atom. The Morgan fingerprint density at radius 1 is 1.50 bits per heavy atom. The number of carbonyl (C=O) groups is 1. The van der Waals surface area contributed by atoms with Gasteiger partial charge in [0, 0.05) is 18.3 Å². The molecule has 0 saturated carbocycles. The maximum atomic E-state index is 10.9. The number of para-hydroxylation sites is 1. The molecule has 16 heavy (non-hydrogen) atoms. The van der Waals surface area contributed by atoms with Crippen LogP contribution in [0.5, 0.6) is 0 Å². The van der Waals surface area contributed by atoms with Gasteiger partial charge in [0.15, 0.2) is 0 Å². The number of rotatable bonds is 5. The second kappa shape index (κ2) is 5.51. The van der Waals surface area contributed by atoms with Gasteiger partial charge in [-0.05, 0) is 12.5 Å². The zero-order valence-electron chi connectivity index (χ0n) is 9.68. The fourth-order valence-corrected chi connectivity index (χ4v) is 1.66. The zero-order chi connectivity index (χ0) is 12.1. The van der Waals surface area contributed by atoms with E-state index < -0.39 is 6.10 Å². The molecule has 0 saturated heterocycles. The lowest BCUT2D eigenvalue weighted by atomic mass is 10.0. The van der Waals surface area contributed by atoms with Crippen molar-refractivity contribution in [3.63, 3.8) is 0 Å². The summed E-state index contributed by atoms with van der Waals surface area (Å²) in [6, 6.07) is 7.48. The van der Waals surface area contributed by atoms with Gasteiger partial charge in [-0.15, -0.1) is 0 Å². The van der Waals surface area contributed by atoms with Gasteiger partial charge in [-0.2, -0.15) is 0 Å². The highest BCUT2D eigenvalue weighted by molar-refractivity contribution is 5.79. The molecule has 0 spiro atoms. The van der Waals surface area contributed by atoms with Crippen LogP contribution < -0.4 is 10.6 Å². The van der Waals surface area contributed by atoms with E-state index >= 15 is 0 Å². The summed E-state index contributed by atoms with van der Waals surface area (Å²) in [5.74, 6) is -0.386. The number of nitrogens with zero attached hydrogens (tertiary/aromatic N) is 1. The summed E-state index contributed by atoms with van der Waals surface area (Å²) in [6.45, 7) is 2.06. The summed E-state index contributed by atoms with van der Waals surface area (Å²) >= 11 is 0. The van der Waals surface area contributed by atoms with Gasteiger partial charge in [-0.1, -0.05) is 25.1 Å². The van der Waals surface area contributed by atoms with E-state index in [1.54, 1.807) is 11.9 Å². The van der Waals surface area contributed by atoms with Gasteiger partial charge in [0.05, 0.1) is 12.6 Å². The second-order valence-electron chi connectivity index (χ2n) is 3.81. The van der Waals surface area contributed by atoms with Crippen LogP contribution in [0.3, 0.4) is 0 Å². The van der Waals surface area contributed by atoms with E-state index in [-0.39, 0.29) is 12.5 Å². The first-order valence-corrected chi connectivity index (χ1v) is 5.32. The van der Waals surface area contributed by atoms with Gasteiger partial charge in [0.1, 0.15) is 0 Å². The Morgan fingerprint density at radius 3 is 2.69 bits per heavy atom. The van der Waals surface area contributed by atoms with Crippen molar-refractivity contribution in [3.05, 3.63) is 29.8 Å². The lowest BCUT2D eigenvalue weighted by Gasteiger charge is -2.22. The number of carbonyl (C=O) groups excluding carboxylic acids is 1. The first-order valence-electron chi connectivity index (χ1n) is 5.32. The maximum absolute atomic E-state index is 10.9. The topological polar surface area (TPSA) is 66.6 Å². The standard InChI is InChI=1S/C12H18N2O2/c1-3-11(15)9-6-4-5-7-10(9)14(2)8-12(13)16/h4-7,11,15H,3,8H2,1-2H3,(H2,13,16)/t11-/m0/s1. The molecule has 1 atom stereocenters. The highest BCUT2D eigenvalue weighted by atomic mass is 16.3. The first kappa shape index (κ1) is 12.5. The average Bonchev–Trinajstić information content (AvgIpc) is 2.27. The number of aliphatic hydroxyl groups is 1. The minimum absolute atomic E-state index is 0.146. The number of hydrogen-bond acceptors (Lipinski definition) is 3. The fourth-order valence-electron chi connectivity index (χ4n) is 1.66. The molecule has 1 aromatic rings. The molecule has 0 fully saturated rings. The highest BCUT2D eigenvalue weighted by Gasteiger charge is 2.13. The molecule has 0 unspecified atom stereocenters. The Hall–Kier alpha value is -1.55. The van der Waals surface area contributed by atoms with Crippen molar-refractivity contribution in [2.75, 3.05) is 18.5 Å². The van der Waals surface area contributed by atoms with Crippen molar-refractivity contribution in [2.45, 2.75) is 19.4 Å². The number of anilines is 1. The first-order chi connectivity index (χ1) is 7.56. The van der Waals surface area contributed by atoms with Crippen molar-refractivity contribution in [1.82, 2.24) is 0 Å². The predicted octanol–water partition coefficient (Wildman–Crippen LogP) is 1.05. The zero-order valence-corrected chi connectivity index (χ0v) is 9.68. The van der Waals surface area contributed by atoms with Gasteiger partial charge < -0.3 is 15.7 Å². The van der Waals surface area contributed by atoms with Crippen LogP contribution in [0.1, 0.15) is 25.0 Å². The summed E-state index contributed by atoms with van der Waals surface area (Å²) in [4.78, 5) is 12.6. The van der Waals surface area contributed by atoms with Crippen molar-refractivity contribution < 1.29 is 9.90 Å². The summed E-state index contributed by atoms with van der Waals surface area (Å²) in [5.41, 5.74) is 6.82. The Labute approximate surface area is 95.7 Å². The van der Waals surface area contributed by atoms with Crippen LogP contribution in [-0.4, -0.2) is 24.6 Å². The molecule has 0 aromatic heterocycles. The van der Waals surface area contributed by atoms with Gasteiger partial charge in [-0.3, -0.25) is 4.79 Å². The molecule has 0 aliphatic carbocycles. The van der Waals surface area contributed by atoms with E-state index in [0.717, 1.165) is 11.3 Å². The van der Waals surface area contributed by atoms with Crippen molar-refractivity contribution in [1.29, 1.82) is 0 Å². The molecule has 1 rings (SSSR count). The van der Waals surface area contributed by atoms with Crippen LogP contribution in [0.15, 0.2) is 24.3 Å². The molecule has 4 nitrogen and oxygen atoms in total. The predicted molar refractivity (Wildman–Crippen MR) is 64.2 cm³/mol. The number of hydrogen-bond donors (Lipinski definition) is 2. The Bertz CT molecular complexity index is 366. The van der Waals surface area contributed by atoms with Crippen LogP contribution in [0.2, 0.25) is 0 Å². The third-order valence-corrected chi connectivity index (χ3v) is 2.49. The van der Waals surface area contributed by atoms with Crippen molar-refractivity contribution >= 4 is 11.6 Å². The minimum Gasteiger partial charge on any atom is -0.388 e. The highest BCUT2D eigenvalue weighted by Crippen LogP contribution is 2.27. The van der Waals surface area contributed by atoms with Gasteiger partial charge in [0.2, 0.25) is 5.91 Å². The number of aliphatic hydroxyl groups excluding tert-OH is 1. The van der Waals surface area contributed by atoms with Crippen LogP contribution in [0.4, 0.5) is 5.69 Å². The summed E-state index contributed by atoms with van der Waals surface area (Å²) in [7, 11) is 1.78. The van der Waals surface area contributed by atoms with E-state index in [4.69, 9.17) is 5.73 Å². The third-order valence-electron chi connectivity index (χ3n) is 2.49. The molecule has 0 aliphatic rings. The molecule has 1 aromatic carbocycles. The summed E-state index contributed by atoms with van der Waals surface area (Å²) in [6.07, 6.45) is 0.132. The maximum Gasteiger partial charge on any atom is 0.236 e. The van der Waals surface area contributed by atoms with Crippen LogP contribution in [0.25, 0.3) is 0 Å². The lowest BCUT2D eigenvalue weighted by molar-refractivity contribution is -0.116. The van der Waals surface area contributed by atoms with E-state index in [9.17, 15) is 9.90 Å². The molecule has 4 heteroatoms. The van der Waals surface area contributed by atoms with Gasteiger partial charge in [-0.25, -0.2) is 0 Å². The lowest BCUT2D eigenvalue weighted by Crippen LogP contribution is -2.31. The molecule has 3 N–H and O–H groups in total. The minimum atomic E-state index is -0.508. The number of benzene rings is 1. The molecule has 0 aliphatic heterocycles. The second-order valence-corrected chi connectivity index (χ2v) is 3.81. The van der Waals surface area contributed by atoms with Crippen LogP contribution in [0, 0.1) is 0 Å². The van der Waals surface area contributed by atoms with Gasteiger partial charge >= 0.3 is 0 Å². The normalized spacial score (nSPS) is 12.2. The van der Waals surface area contributed by atoms with Crippen LogP contribution in [-0.2, 0) is 4.79 Å². The third kappa shape index (κ3) is 2.97. The average molecular weight is 222 g/mol. The largest absolute Gasteiger partial charge is 0.388 e. The Balaban J connectivity index is 2.98. The molecule has 0 bridgehead atoms. The number of nitrogens with two attached hydrogens (primary N) is 1. The van der Waals surface area contributed by atoms with Crippen molar-refractivity contribution in [3.8, 4) is 0 Å². The number of likely N-dealkylation sites (N-methyl/N-ethyl adjacent to an activating group) is 1. The van der Waals surface area contributed by atoms with Crippen LogP contribution >= 0.6 is 0 Å². The smallest absolute Gasteiger partial charge is 0.236 e. The Kier molecular flexibility index (Phi) is 4.31. The summed E-state index contributed by atoms with van der Waals surface area (Å²) in [5, 5.41) is 9.85. The monoisotopic (exact) mass is 222 g/mol. The fraction of sp³-hybridized carbons (Fsp3) is 0.417. The number of amides is 1.